The maximum Gasteiger partial charge on any atom is 3.00 e. The fourth-order valence-electron chi connectivity index (χ4n) is 0.340. The van der Waals surface area contributed by atoms with E-state index < -0.39 is 0 Å². The molecule has 1 rings (SSSR count). The molecular formula is C10H19Cl2Zr. The van der Waals surface area contributed by atoms with Gasteiger partial charge in [0.05, 0.1) is 0 Å². The van der Waals surface area contributed by atoms with Gasteiger partial charge in [-0.15, -0.1) is 31.2 Å². The molecule has 13 heavy (non-hydrogen) atoms. The number of allylic oxidation sites excluding steroid dienone is 4. The van der Waals surface area contributed by atoms with Crippen molar-refractivity contribution in [1.29, 1.82) is 0 Å². The van der Waals surface area contributed by atoms with Crippen LogP contribution in [0.15, 0.2) is 18.2 Å². The standard InChI is InChI=1S/C5H5.C4H9.CH3.2ClH.Zr/c1-2-4-5-3-1;1-3-4-2;;;;/h1-3H,4H2;1,3-4H2,2H3;1H3;2*1H;/q3*-1;;;+3. The predicted octanol–water partition coefficient (Wildman–Crippen LogP) is 4.22. The number of hydrogen-bond acceptors (Lipinski definition) is 0. The summed E-state index contributed by atoms with van der Waals surface area (Å²) >= 11 is 0. The van der Waals surface area contributed by atoms with Crippen LogP contribution in [0.3, 0.4) is 0 Å². The molecule has 1 aliphatic rings. The third-order valence-electron chi connectivity index (χ3n) is 0.939. The molecule has 0 nitrogen and oxygen atoms in total. The molecule has 0 saturated carbocycles. The average Bonchev–Trinajstić information content (AvgIpc) is 2.43. The summed E-state index contributed by atoms with van der Waals surface area (Å²) in [7, 11) is 0. The Morgan fingerprint density at radius 3 is 1.92 bits per heavy atom. The fraction of sp³-hybridized carbons (Fsp3) is 0.400. The summed E-state index contributed by atoms with van der Waals surface area (Å²) in [5.41, 5.74) is 0. The molecule has 0 bridgehead atoms. The monoisotopic (exact) mass is 299 g/mol. The first-order valence-electron chi connectivity index (χ1n) is 3.42. The summed E-state index contributed by atoms with van der Waals surface area (Å²) in [6.45, 7) is 5.72. The third kappa shape index (κ3) is 32.2. The molecule has 0 heterocycles. The first-order valence-corrected chi connectivity index (χ1v) is 3.42. The summed E-state index contributed by atoms with van der Waals surface area (Å²) < 4.78 is 0. The molecule has 0 N–H and O–H groups in total. The van der Waals surface area contributed by atoms with Gasteiger partial charge in [-0.05, 0) is 0 Å². The van der Waals surface area contributed by atoms with E-state index in [2.05, 4.69) is 26.0 Å². The van der Waals surface area contributed by atoms with Crippen molar-refractivity contribution in [3.8, 4) is 0 Å². The van der Waals surface area contributed by atoms with Gasteiger partial charge in [0.1, 0.15) is 0 Å². The van der Waals surface area contributed by atoms with Crippen molar-refractivity contribution in [3.05, 3.63) is 38.7 Å². The van der Waals surface area contributed by atoms with E-state index in [0.717, 1.165) is 12.8 Å². The Balaban J connectivity index is -0.0000000256. The van der Waals surface area contributed by atoms with Gasteiger partial charge < -0.3 is 14.4 Å². The Morgan fingerprint density at radius 2 is 1.85 bits per heavy atom. The van der Waals surface area contributed by atoms with E-state index in [1.807, 2.05) is 12.2 Å². The summed E-state index contributed by atoms with van der Waals surface area (Å²) in [5, 5.41) is 0. The Labute approximate surface area is 115 Å². The van der Waals surface area contributed by atoms with Crippen molar-refractivity contribution in [1.82, 2.24) is 0 Å². The summed E-state index contributed by atoms with van der Waals surface area (Å²) in [5.74, 6) is 0. The van der Waals surface area contributed by atoms with Crippen molar-refractivity contribution >= 4 is 24.8 Å². The summed E-state index contributed by atoms with van der Waals surface area (Å²) in [4.78, 5) is 0. The van der Waals surface area contributed by atoms with Crippen LogP contribution in [0.25, 0.3) is 0 Å². The van der Waals surface area contributed by atoms with E-state index in [0.29, 0.717) is 0 Å². The van der Waals surface area contributed by atoms with Gasteiger partial charge in [-0.1, -0.05) is 13.3 Å². The zero-order chi connectivity index (χ0) is 6.95. The quantitative estimate of drug-likeness (QED) is 0.636. The van der Waals surface area contributed by atoms with Crippen LogP contribution in [0.4, 0.5) is 0 Å². The van der Waals surface area contributed by atoms with Gasteiger partial charge in [0.2, 0.25) is 0 Å². The van der Waals surface area contributed by atoms with Gasteiger partial charge >= 0.3 is 26.2 Å². The third-order valence-corrected chi connectivity index (χ3v) is 0.939. The van der Waals surface area contributed by atoms with Crippen LogP contribution in [-0.4, -0.2) is 0 Å². The molecule has 77 valence electrons. The van der Waals surface area contributed by atoms with Gasteiger partial charge in [-0.25, -0.2) is 12.2 Å². The largest absolute Gasteiger partial charge is 3.00 e. The van der Waals surface area contributed by atoms with E-state index in [1.54, 1.807) is 0 Å². The van der Waals surface area contributed by atoms with Crippen LogP contribution in [0.5, 0.6) is 0 Å². The predicted molar refractivity (Wildman–Crippen MR) is 62.7 cm³/mol. The molecule has 1 aliphatic carbocycles. The Kier molecular flexibility index (Phi) is 65.7. The number of hydrogen-bond donors (Lipinski definition) is 0. The summed E-state index contributed by atoms with van der Waals surface area (Å²) in [6.07, 6.45) is 12.3. The second-order valence-corrected chi connectivity index (χ2v) is 1.86. The molecule has 0 atom stereocenters. The first kappa shape index (κ1) is 29.2. The fourth-order valence-corrected chi connectivity index (χ4v) is 0.340. The van der Waals surface area contributed by atoms with Crippen molar-refractivity contribution in [2.45, 2.75) is 26.2 Å². The maximum absolute atomic E-state index is 3.60. The van der Waals surface area contributed by atoms with Crippen LogP contribution in [0, 0.1) is 20.4 Å². The molecule has 3 heteroatoms. The van der Waals surface area contributed by atoms with Crippen LogP contribution in [0.2, 0.25) is 0 Å². The van der Waals surface area contributed by atoms with Crippen LogP contribution in [0.1, 0.15) is 26.2 Å². The molecule has 0 amide bonds. The Bertz CT molecular complexity index is 89.1. The minimum absolute atomic E-state index is 0. The van der Waals surface area contributed by atoms with Crippen LogP contribution in [-0.2, 0) is 26.2 Å². The number of halogens is 2. The van der Waals surface area contributed by atoms with E-state index in [9.17, 15) is 0 Å². The second-order valence-electron chi connectivity index (χ2n) is 1.86. The minimum Gasteiger partial charge on any atom is -0.358 e. The molecule has 0 aromatic carbocycles. The normalized spacial score (nSPS) is 9.08. The van der Waals surface area contributed by atoms with Gasteiger partial charge in [0.25, 0.3) is 0 Å². The van der Waals surface area contributed by atoms with Crippen molar-refractivity contribution in [3.63, 3.8) is 0 Å². The van der Waals surface area contributed by atoms with Gasteiger partial charge in [0.15, 0.2) is 0 Å². The van der Waals surface area contributed by atoms with Crippen molar-refractivity contribution in [2.75, 3.05) is 0 Å². The molecule has 0 fully saturated rings. The Morgan fingerprint density at radius 1 is 1.38 bits per heavy atom. The van der Waals surface area contributed by atoms with Crippen LogP contribution < -0.4 is 0 Å². The zero-order valence-electron chi connectivity index (χ0n) is 8.38. The molecule has 0 aromatic heterocycles. The zero-order valence-corrected chi connectivity index (χ0v) is 12.5. The van der Waals surface area contributed by atoms with Gasteiger partial charge in [0, 0.05) is 0 Å². The Hall–Kier alpha value is 0.943. The maximum atomic E-state index is 3.60. The summed E-state index contributed by atoms with van der Waals surface area (Å²) in [6, 6.07) is 0. The molecule has 0 spiro atoms. The topological polar surface area (TPSA) is 0 Å². The molecule has 0 aliphatic heterocycles. The molecule has 1 radical (unpaired) electrons. The van der Waals surface area contributed by atoms with E-state index in [-0.39, 0.29) is 58.4 Å². The second kappa shape index (κ2) is 29.3. The number of rotatable bonds is 1. The van der Waals surface area contributed by atoms with E-state index >= 15 is 0 Å². The van der Waals surface area contributed by atoms with Crippen LogP contribution >= 0.6 is 24.8 Å². The molecule has 0 unspecified atom stereocenters. The first-order chi connectivity index (χ1) is 4.41. The van der Waals surface area contributed by atoms with Gasteiger partial charge in [-0.2, -0.15) is 12.5 Å². The molecular weight excluding hydrogens is 282 g/mol. The average molecular weight is 301 g/mol. The van der Waals surface area contributed by atoms with E-state index in [1.165, 1.54) is 6.42 Å². The number of unbranched alkanes of at least 4 members (excludes halogenated alkanes) is 1. The minimum atomic E-state index is 0. The smallest absolute Gasteiger partial charge is 0.358 e. The SMILES string of the molecule is Cl.Cl.[C-]1=CC=CC1.[CH2-]CCC.[CH3-].[Zr+3]. The van der Waals surface area contributed by atoms with Crippen molar-refractivity contribution in [2.24, 2.45) is 0 Å². The van der Waals surface area contributed by atoms with Crippen molar-refractivity contribution < 1.29 is 26.2 Å². The molecule has 0 aromatic rings. The van der Waals surface area contributed by atoms with E-state index in [4.69, 9.17) is 0 Å². The molecule has 0 saturated heterocycles. The van der Waals surface area contributed by atoms with Gasteiger partial charge in [-0.3, -0.25) is 6.08 Å².